The summed E-state index contributed by atoms with van der Waals surface area (Å²) in [6.07, 6.45) is 10.4. The van der Waals surface area contributed by atoms with Crippen molar-refractivity contribution in [3.05, 3.63) is 11.6 Å². The maximum Gasteiger partial charge on any atom is 0.0813 e. The van der Waals surface area contributed by atoms with Gasteiger partial charge in [-0.15, -0.1) is 0 Å². The van der Waals surface area contributed by atoms with Gasteiger partial charge in [0.15, 0.2) is 0 Å². The van der Waals surface area contributed by atoms with Gasteiger partial charge in [0.1, 0.15) is 0 Å². The van der Waals surface area contributed by atoms with Gasteiger partial charge in [-0.05, 0) is 46.1 Å². The Morgan fingerprint density at radius 1 is 1.29 bits per heavy atom. The number of ether oxygens (including phenoxy) is 1. The molecule has 0 aromatic heterocycles. The van der Waals surface area contributed by atoms with E-state index in [0.717, 1.165) is 6.54 Å². The van der Waals surface area contributed by atoms with Crippen LogP contribution in [0, 0.1) is 0 Å². The summed E-state index contributed by atoms with van der Waals surface area (Å²) >= 11 is 0. The van der Waals surface area contributed by atoms with Crippen LogP contribution in [-0.4, -0.2) is 25.3 Å². The molecular weight excluding hydrogens is 210 g/mol. The Labute approximate surface area is 107 Å². The first-order valence-corrected chi connectivity index (χ1v) is 7.09. The van der Waals surface area contributed by atoms with Gasteiger partial charge >= 0.3 is 0 Å². The molecule has 0 amide bonds. The zero-order valence-corrected chi connectivity index (χ0v) is 12.0. The Morgan fingerprint density at radius 2 is 2.00 bits per heavy atom. The van der Waals surface area contributed by atoms with Crippen LogP contribution in [0.2, 0.25) is 0 Å². The smallest absolute Gasteiger partial charge is 0.0813 e. The third-order valence-corrected chi connectivity index (χ3v) is 3.83. The van der Waals surface area contributed by atoms with Gasteiger partial charge in [0.2, 0.25) is 0 Å². The summed E-state index contributed by atoms with van der Waals surface area (Å²) < 4.78 is 5.67. The zero-order valence-electron chi connectivity index (χ0n) is 12.0. The van der Waals surface area contributed by atoms with E-state index < -0.39 is 0 Å². The largest absolute Gasteiger partial charge is 0.377 e. The first kappa shape index (κ1) is 14.7. The van der Waals surface area contributed by atoms with Crippen molar-refractivity contribution < 1.29 is 4.74 Å². The Kier molecular flexibility index (Phi) is 6.21. The van der Waals surface area contributed by atoms with E-state index >= 15 is 0 Å². The van der Waals surface area contributed by atoms with Crippen LogP contribution in [0.5, 0.6) is 0 Å². The Balaban J connectivity index is 2.80. The van der Waals surface area contributed by atoms with E-state index in [1.165, 1.54) is 38.5 Å². The van der Waals surface area contributed by atoms with E-state index in [9.17, 15) is 0 Å². The second-order valence-corrected chi connectivity index (χ2v) is 5.53. The molecule has 1 aliphatic rings. The van der Waals surface area contributed by atoms with Gasteiger partial charge in [0.25, 0.3) is 0 Å². The molecule has 17 heavy (non-hydrogen) atoms. The summed E-state index contributed by atoms with van der Waals surface area (Å²) in [6, 6.07) is 0.357. The van der Waals surface area contributed by atoms with Gasteiger partial charge in [-0.1, -0.05) is 31.4 Å². The van der Waals surface area contributed by atoms with Gasteiger partial charge < -0.3 is 10.1 Å². The Morgan fingerprint density at radius 3 is 2.65 bits per heavy atom. The van der Waals surface area contributed by atoms with Crippen molar-refractivity contribution in [3.63, 3.8) is 0 Å². The second-order valence-electron chi connectivity index (χ2n) is 5.53. The highest BCUT2D eigenvalue weighted by atomic mass is 16.5. The average Bonchev–Trinajstić information content (AvgIpc) is 2.26. The number of nitrogens with one attached hydrogen (secondary N) is 1. The summed E-state index contributed by atoms with van der Waals surface area (Å²) in [5.41, 5.74) is 1.43. The lowest BCUT2D eigenvalue weighted by atomic mass is 9.86. The fraction of sp³-hybridized carbons (Fsp3) is 0.867. The number of hydrogen-bond donors (Lipinski definition) is 1. The molecule has 0 fully saturated rings. The number of likely N-dealkylation sites (N-methyl/N-ethyl adjacent to an activating group) is 1. The van der Waals surface area contributed by atoms with E-state index in [1.54, 1.807) is 5.57 Å². The van der Waals surface area contributed by atoms with E-state index in [4.69, 9.17) is 4.74 Å². The molecule has 0 aliphatic heterocycles. The summed E-state index contributed by atoms with van der Waals surface area (Å²) in [4.78, 5) is 0. The van der Waals surface area contributed by atoms with Crippen LogP contribution in [0.1, 0.15) is 59.3 Å². The molecule has 100 valence electrons. The molecule has 1 unspecified atom stereocenters. The van der Waals surface area contributed by atoms with Gasteiger partial charge in [-0.2, -0.15) is 0 Å². The van der Waals surface area contributed by atoms with Crippen LogP contribution in [0.4, 0.5) is 0 Å². The number of methoxy groups -OCH3 is 1. The van der Waals surface area contributed by atoms with Crippen molar-refractivity contribution in [2.45, 2.75) is 70.9 Å². The lowest BCUT2D eigenvalue weighted by molar-refractivity contribution is -0.000620. The Hall–Kier alpha value is -0.340. The van der Waals surface area contributed by atoms with Crippen molar-refractivity contribution in [2.75, 3.05) is 13.7 Å². The molecule has 1 N–H and O–H groups in total. The van der Waals surface area contributed by atoms with Gasteiger partial charge in [-0.25, -0.2) is 0 Å². The summed E-state index contributed by atoms with van der Waals surface area (Å²) in [7, 11) is 1.81. The highest BCUT2D eigenvalue weighted by molar-refractivity contribution is 5.16. The minimum absolute atomic E-state index is 0.124. The Bertz CT molecular complexity index is 245. The summed E-state index contributed by atoms with van der Waals surface area (Å²) in [5, 5.41) is 3.60. The van der Waals surface area contributed by atoms with Crippen LogP contribution in [0.3, 0.4) is 0 Å². The lowest BCUT2D eigenvalue weighted by Crippen LogP contribution is -2.49. The summed E-state index contributed by atoms with van der Waals surface area (Å²) in [6.45, 7) is 7.52. The predicted octanol–water partition coefficient (Wildman–Crippen LogP) is 3.67. The van der Waals surface area contributed by atoms with Crippen LogP contribution < -0.4 is 5.32 Å². The van der Waals surface area contributed by atoms with Crippen molar-refractivity contribution in [1.82, 2.24) is 5.32 Å². The van der Waals surface area contributed by atoms with Crippen LogP contribution in [0.15, 0.2) is 11.6 Å². The fourth-order valence-electron chi connectivity index (χ4n) is 2.62. The topological polar surface area (TPSA) is 21.3 Å². The molecule has 0 saturated heterocycles. The van der Waals surface area contributed by atoms with E-state index in [0.29, 0.717) is 6.04 Å². The maximum atomic E-state index is 5.67. The molecule has 0 aromatic rings. The minimum Gasteiger partial charge on any atom is -0.377 e. The van der Waals surface area contributed by atoms with E-state index in [-0.39, 0.29) is 5.60 Å². The predicted molar refractivity (Wildman–Crippen MR) is 74.3 cm³/mol. The fourth-order valence-corrected chi connectivity index (χ4v) is 2.62. The molecule has 1 atom stereocenters. The van der Waals surface area contributed by atoms with Gasteiger partial charge in [0, 0.05) is 7.11 Å². The quantitative estimate of drug-likeness (QED) is 0.739. The molecule has 2 heteroatoms. The van der Waals surface area contributed by atoms with Crippen LogP contribution in [0.25, 0.3) is 0 Å². The molecule has 0 saturated carbocycles. The molecular formula is C15H29NO. The van der Waals surface area contributed by atoms with Gasteiger partial charge in [-0.3, -0.25) is 0 Å². The van der Waals surface area contributed by atoms with Crippen molar-refractivity contribution in [1.29, 1.82) is 0 Å². The molecule has 0 radical (unpaired) electrons. The monoisotopic (exact) mass is 239 g/mol. The molecule has 1 rings (SSSR count). The SMILES string of the molecule is CCNC(C1=CCCCCCC1)C(C)(C)OC. The average molecular weight is 239 g/mol. The van der Waals surface area contributed by atoms with Crippen LogP contribution >= 0.6 is 0 Å². The number of rotatable bonds is 5. The molecule has 2 nitrogen and oxygen atoms in total. The molecule has 1 aliphatic carbocycles. The molecule has 0 spiro atoms. The second kappa shape index (κ2) is 7.17. The van der Waals surface area contributed by atoms with E-state index in [1.807, 2.05) is 7.11 Å². The third-order valence-electron chi connectivity index (χ3n) is 3.83. The van der Waals surface area contributed by atoms with Crippen molar-refractivity contribution >= 4 is 0 Å². The molecule has 0 heterocycles. The van der Waals surface area contributed by atoms with Crippen molar-refractivity contribution in [3.8, 4) is 0 Å². The first-order chi connectivity index (χ1) is 8.11. The normalized spacial score (nSPS) is 20.4. The molecule has 0 aromatic carbocycles. The van der Waals surface area contributed by atoms with E-state index in [2.05, 4.69) is 32.2 Å². The van der Waals surface area contributed by atoms with Crippen LogP contribution in [-0.2, 0) is 4.74 Å². The minimum atomic E-state index is -0.124. The standard InChI is InChI=1S/C15H29NO/c1-5-16-14(15(2,3)17-4)13-11-9-7-6-8-10-12-13/h11,14,16H,5-10,12H2,1-4H3. The third kappa shape index (κ3) is 4.44. The highest BCUT2D eigenvalue weighted by Gasteiger charge is 2.31. The van der Waals surface area contributed by atoms with Crippen molar-refractivity contribution in [2.24, 2.45) is 0 Å². The summed E-state index contributed by atoms with van der Waals surface area (Å²) in [5.74, 6) is 0. The number of hydrogen-bond acceptors (Lipinski definition) is 2. The first-order valence-electron chi connectivity index (χ1n) is 7.09. The zero-order chi connectivity index (χ0) is 12.7. The lowest BCUT2D eigenvalue weighted by Gasteiger charge is -2.36. The number of allylic oxidation sites excluding steroid dienone is 1. The van der Waals surface area contributed by atoms with Gasteiger partial charge in [0.05, 0.1) is 11.6 Å². The molecule has 0 bridgehead atoms. The maximum absolute atomic E-state index is 5.67. The highest BCUT2D eigenvalue weighted by Crippen LogP contribution is 2.27.